The van der Waals surface area contributed by atoms with Gasteiger partial charge in [0.15, 0.2) is 0 Å². The third kappa shape index (κ3) is 4.04. The zero-order chi connectivity index (χ0) is 11.9. The van der Waals surface area contributed by atoms with Gasteiger partial charge < -0.3 is 10.1 Å². The predicted molar refractivity (Wildman–Crippen MR) is 72.4 cm³/mol. The summed E-state index contributed by atoms with van der Waals surface area (Å²) >= 11 is 0. The van der Waals surface area contributed by atoms with E-state index in [0.29, 0.717) is 0 Å². The van der Waals surface area contributed by atoms with Crippen LogP contribution < -0.4 is 5.32 Å². The van der Waals surface area contributed by atoms with E-state index in [4.69, 9.17) is 4.74 Å². The van der Waals surface area contributed by atoms with Crippen molar-refractivity contribution >= 4 is 5.69 Å². The maximum atomic E-state index is 5.64. The van der Waals surface area contributed by atoms with Crippen LogP contribution in [0.25, 0.3) is 0 Å². The third-order valence-corrected chi connectivity index (χ3v) is 3.60. The van der Waals surface area contributed by atoms with Gasteiger partial charge in [-0.3, -0.25) is 0 Å². The Morgan fingerprint density at radius 2 is 2.06 bits per heavy atom. The monoisotopic (exact) mass is 233 g/mol. The largest absolute Gasteiger partial charge is 0.383 e. The molecule has 1 aliphatic rings. The van der Waals surface area contributed by atoms with Crippen LogP contribution >= 0.6 is 0 Å². The lowest BCUT2D eigenvalue weighted by Gasteiger charge is -2.24. The lowest BCUT2D eigenvalue weighted by molar-refractivity contribution is 0.114. The van der Waals surface area contributed by atoms with E-state index < -0.39 is 0 Å². The topological polar surface area (TPSA) is 21.3 Å². The van der Waals surface area contributed by atoms with Crippen molar-refractivity contribution in [1.82, 2.24) is 0 Å². The molecule has 0 spiro atoms. The minimum Gasteiger partial charge on any atom is -0.383 e. The van der Waals surface area contributed by atoms with Crippen molar-refractivity contribution in [3.63, 3.8) is 0 Å². The fraction of sp³-hybridized carbons (Fsp3) is 0.600. The maximum Gasteiger partial charge on any atom is 0.0639 e. The SMILES string of the molecule is Cc1ccccc1NCCOCCC1CCC1. The van der Waals surface area contributed by atoms with Gasteiger partial charge in [-0.25, -0.2) is 0 Å². The second-order valence-corrected chi connectivity index (χ2v) is 4.94. The molecule has 1 aliphatic carbocycles. The first-order chi connectivity index (χ1) is 8.36. The van der Waals surface area contributed by atoms with Crippen molar-refractivity contribution in [3.8, 4) is 0 Å². The Kier molecular flexibility index (Phi) is 4.87. The number of nitrogens with one attached hydrogen (secondary N) is 1. The molecule has 0 bridgehead atoms. The molecular weight excluding hydrogens is 210 g/mol. The molecule has 1 fully saturated rings. The zero-order valence-corrected chi connectivity index (χ0v) is 10.7. The Hall–Kier alpha value is -1.02. The Balaban J connectivity index is 1.52. The Labute approximate surface area is 104 Å². The van der Waals surface area contributed by atoms with E-state index in [9.17, 15) is 0 Å². The van der Waals surface area contributed by atoms with Gasteiger partial charge in [-0.15, -0.1) is 0 Å². The highest BCUT2D eigenvalue weighted by atomic mass is 16.5. The molecule has 17 heavy (non-hydrogen) atoms. The Morgan fingerprint density at radius 3 is 2.76 bits per heavy atom. The summed E-state index contributed by atoms with van der Waals surface area (Å²) in [6.07, 6.45) is 5.53. The highest BCUT2D eigenvalue weighted by Crippen LogP contribution is 2.29. The molecule has 0 amide bonds. The molecule has 1 saturated carbocycles. The van der Waals surface area contributed by atoms with E-state index in [0.717, 1.165) is 25.7 Å². The highest BCUT2D eigenvalue weighted by molar-refractivity contribution is 5.50. The molecule has 0 saturated heterocycles. The van der Waals surface area contributed by atoms with E-state index >= 15 is 0 Å². The van der Waals surface area contributed by atoms with Crippen LogP contribution in [-0.4, -0.2) is 19.8 Å². The minimum atomic E-state index is 0.807. The van der Waals surface area contributed by atoms with Crippen LogP contribution in [0.4, 0.5) is 5.69 Å². The summed E-state index contributed by atoms with van der Waals surface area (Å²) in [5.41, 5.74) is 2.51. The summed E-state index contributed by atoms with van der Waals surface area (Å²) in [4.78, 5) is 0. The standard InChI is InChI=1S/C15H23NO/c1-13-5-2-3-8-15(13)16-10-12-17-11-9-14-6-4-7-14/h2-3,5,8,14,16H,4,6-7,9-12H2,1H3. The van der Waals surface area contributed by atoms with Gasteiger partial charge in [0.1, 0.15) is 0 Å². The van der Waals surface area contributed by atoms with E-state index in [1.165, 1.54) is 36.9 Å². The first kappa shape index (κ1) is 12.4. The first-order valence-corrected chi connectivity index (χ1v) is 6.73. The average Bonchev–Trinajstić information content (AvgIpc) is 2.28. The molecule has 2 rings (SSSR count). The molecule has 1 aromatic carbocycles. The van der Waals surface area contributed by atoms with Crippen molar-refractivity contribution < 1.29 is 4.74 Å². The zero-order valence-electron chi connectivity index (χ0n) is 10.7. The number of aryl methyl sites for hydroxylation is 1. The van der Waals surface area contributed by atoms with Crippen molar-refractivity contribution in [1.29, 1.82) is 0 Å². The molecule has 0 heterocycles. The lowest BCUT2D eigenvalue weighted by Crippen LogP contribution is -2.15. The van der Waals surface area contributed by atoms with Crippen LogP contribution in [0.2, 0.25) is 0 Å². The molecule has 0 atom stereocenters. The fourth-order valence-corrected chi connectivity index (χ4v) is 2.16. The quantitative estimate of drug-likeness (QED) is 0.726. The Morgan fingerprint density at radius 1 is 1.24 bits per heavy atom. The molecule has 2 heteroatoms. The third-order valence-electron chi connectivity index (χ3n) is 3.60. The number of rotatable bonds is 7. The summed E-state index contributed by atoms with van der Waals surface area (Å²) < 4.78 is 5.64. The fourth-order valence-electron chi connectivity index (χ4n) is 2.16. The summed E-state index contributed by atoms with van der Waals surface area (Å²) in [5.74, 6) is 0.958. The number of benzene rings is 1. The van der Waals surface area contributed by atoms with Crippen LogP contribution in [0.3, 0.4) is 0 Å². The molecule has 0 aromatic heterocycles. The summed E-state index contributed by atoms with van der Waals surface area (Å²) in [6.45, 7) is 4.76. The minimum absolute atomic E-state index is 0.807. The van der Waals surface area contributed by atoms with Gasteiger partial charge in [-0.1, -0.05) is 37.5 Å². The van der Waals surface area contributed by atoms with E-state index in [2.05, 4.69) is 36.5 Å². The average molecular weight is 233 g/mol. The predicted octanol–water partition coefficient (Wildman–Crippen LogP) is 3.61. The molecule has 1 N–H and O–H groups in total. The van der Waals surface area contributed by atoms with Crippen LogP contribution in [0, 0.1) is 12.8 Å². The van der Waals surface area contributed by atoms with Gasteiger partial charge in [0.25, 0.3) is 0 Å². The number of hydrogen-bond donors (Lipinski definition) is 1. The van der Waals surface area contributed by atoms with Gasteiger partial charge in [0, 0.05) is 18.8 Å². The molecule has 0 radical (unpaired) electrons. The second kappa shape index (κ2) is 6.65. The molecule has 0 unspecified atom stereocenters. The Bertz CT molecular complexity index is 333. The van der Waals surface area contributed by atoms with Crippen LogP contribution in [0.15, 0.2) is 24.3 Å². The first-order valence-electron chi connectivity index (χ1n) is 6.73. The lowest BCUT2D eigenvalue weighted by atomic mass is 9.83. The van der Waals surface area contributed by atoms with Gasteiger partial charge in [-0.2, -0.15) is 0 Å². The second-order valence-electron chi connectivity index (χ2n) is 4.94. The molecule has 0 aliphatic heterocycles. The highest BCUT2D eigenvalue weighted by Gasteiger charge is 2.16. The van der Waals surface area contributed by atoms with Crippen LogP contribution in [-0.2, 0) is 4.74 Å². The van der Waals surface area contributed by atoms with Crippen LogP contribution in [0.1, 0.15) is 31.2 Å². The summed E-state index contributed by atoms with van der Waals surface area (Å²) in [7, 11) is 0. The van der Waals surface area contributed by atoms with E-state index in [1.807, 2.05) is 0 Å². The van der Waals surface area contributed by atoms with Crippen LogP contribution in [0.5, 0.6) is 0 Å². The van der Waals surface area contributed by atoms with Crippen molar-refractivity contribution in [3.05, 3.63) is 29.8 Å². The number of hydrogen-bond acceptors (Lipinski definition) is 2. The van der Waals surface area contributed by atoms with E-state index in [1.54, 1.807) is 0 Å². The molecular formula is C15H23NO. The van der Waals surface area contributed by atoms with Gasteiger partial charge in [-0.05, 0) is 30.9 Å². The molecule has 1 aromatic rings. The van der Waals surface area contributed by atoms with Gasteiger partial charge in [0.2, 0.25) is 0 Å². The normalized spacial score (nSPS) is 15.6. The number of anilines is 1. The van der Waals surface area contributed by atoms with E-state index in [-0.39, 0.29) is 0 Å². The molecule has 94 valence electrons. The summed E-state index contributed by atoms with van der Waals surface area (Å²) in [6, 6.07) is 8.37. The van der Waals surface area contributed by atoms with Crippen molar-refractivity contribution in [2.45, 2.75) is 32.6 Å². The molecule has 2 nitrogen and oxygen atoms in total. The summed E-state index contributed by atoms with van der Waals surface area (Å²) in [5, 5.41) is 3.40. The maximum absolute atomic E-state index is 5.64. The van der Waals surface area contributed by atoms with Gasteiger partial charge >= 0.3 is 0 Å². The van der Waals surface area contributed by atoms with Crippen molar-refractivity contribution in [2.75, 3.05) is 25.1 Å². The van der Waals surface area contributed by atoms with Gasteiger partial charge in [0.05, 0.1) is 6.61 Å². The van der Waals surface area contributed by atoms with Crippen molar-refractivity contribution in [2.24, 2.45) is 5.92 Å². The number of ether oxygens (including phenoxy) is 1. The number of para-hydroxylation sites is 1. The smallest absolute Gasteiger partial charge is 0.0639 e.